The molecule has 1 saturated heterocycles. The number of hydrogen-bond acceptors (Lipinski definition) is 3. The number of rotatable bonds is 5. The molecule has 0 spiro atoms. The van der Waals surface area contributed by atoms with Gasteiger partial charge in [0.1, 0.15) is 0 Å². The third-order valence-corrected chi connectivity index (χ3v) is 2.23. The molecule has 72 valence electrons. The van der Waals surface area contributed by atoms with Gasteiger partial charge in [0.25, 0.3) is 0 Å². The first kappa shape index (κ1) is 9.96. The van der Waals surface area contributed by atoms with Crippen molar-refractivity contribution in [2.75, 3.05) is 26.9 Å². The molecule has 0 aliphatic carbocycles. The van der Waals surface area contributed by atoms with Crippen LogP contribution in [0, 0.1) is 0 Å². The molecule has 0 aromatic heterocycles. The fourth-order valence-electron chi connectivity index (χ4n) is 1.63. The smallest absolute Gasteiger partial charge is 0.0619 e. The van der Waals surface area contributed by atoms with Crippen molar-refractivity contribution < 1.29 is 9.47 Å². The number of nitrogens with one attached hydrogen (secondary N) is 1. The molecular weight excluding hydrogens is 154 g/mol. The highest BCUT2D eigenvalue weighted by Crippen LogP contribution is 2.12. The second kappa shape index (κ2) is 5.51. The lowest BCUT2D eigenvalue weighted by Crippen LogP contribution is -2.35. The Hall–Kier alpha value is -0.120. The highest BCUT2D eigenvalue weighted by molar-refractivity contribution is 4.82. The molecule has 1 fully saturated rings. The molecule has 2 atom stereocenters. The zero-order valence-corrected chi connectivity index (χ0v) is 8.01. The van der Waals surface area contributed by atoms with Gasteiger partial charge in [0.2, 0.25) is 0 Å². The summed E-state index contributed by atoms with van der Waals surface area (Å²) in [7, 11) is 1.75. The summed E-state index contributed by atoms with van der Waals surface area (Å²) in [4.78, 5) is 0. The van der Waals surface area contributed by atoms with Gasteiger partial charge < -0.3 is 14.8 Å². The van der Waals surface area contributed by atoms with E-state index in [4.69, 9.17) is 9.47 Å². The van der Waals surface area contributed by atoms with Gasteiger partial charge in [-0.3, -0.25) is 0 Å². The van der Waals surface area contributed by atoms with Crippen LogP contribution in [0.4, 0.5) is 0 Å². The van der Waals surface area contributed by atoms with E-state index in [1.165, 1.54) is 12.8 Å². The van der Waals surface area contributed by atoms with Gasteiger partial charge in [0.15, 0.2) is 0 Å². The van der Waals surface area contributed by atoms with E-state index in [9.17, 15) is 0 Å². The zero-order chi connectivity index (χ0) is 8.81. The summed E-state index contributed by atoms with van der Waals surface area (Å²) < 4.78 is 10.4. The lowest BCUT2D eigenvalue weighted by molar-refractivity contribution is 0.122. The minimum absolute atomic E-state index is 0.542. The zero-order valence-electron chi connectivity index (χ0n) is 8.01. The average molecular weight is 173 g/mol. The number of hydrogen-bond donors (Lipinski definition) is 1. The molecule has 1 aliphatic heterocycles. The fourth-order valence-corrected chi connectivity index (χ4v) is 1.63. The van der Waals surface area contributed by atoms with Crippen LogP contribution in [0.5, 0.6) is 0 Å². The number of methoxy groups -OCH3 is 1. The molecule has 1 N–H and O–H groups in total. The van der Waals surface area contributed by atoms with E-state index in [0.717, 1.165) is 19.8 Å². The summed E-state index contributed by atoms with van der Waals surface area (Å²) in [5, 5.41) is 3.48. The first-order valence-corrected chi connectivity index (χ1v) is 4.69. The SMILES string of the molecule is CCOCC1CCC(COC)N1. The summed E-state index contributed by atoms with van der Waals surface area (Å²) >= 11 is 0. The first-order chi connectivity index (χ1) is 5.86. The molecule has 2 unspecified atom stereocenters. The second-order valence-electron chi connectivity index (χ2n) is 3.25. The van der Waals surface area contributed by atoms with Crippen molar-refractivity contribution in [3.63, 3.8) is 0 Å². The Morgan fingerprint density at radius 1 is 1.25 bits per heavy atom. The highest BCUT2D eigenvalue weighted by Gasteiger charge is 2.22. The van der Waals surface area contributed by atoms with Crippen LogP contribution in [0.25, 0.3) is 0 Å². The maximum absolute atomic E-state index is 5.34. The average Bonchev–Trinajstić information content (AvgIpc) is 2.50. The number of ether oxygens (including phenoxy) is 2. The normalized spacial score (nSPS) is 29.5. The highest BCUT2D eigenvalue weighted by atomic mass is 16.5. The summed E-state index contributed by atoms with van der Waals surface area (Å²) in [6.45, 7) is 4.51. The fraction of sp³-hybridized carbons (Fsp3) is 1.00. The molecule has 0 bridgehead atoms. The lowest BCUT2D eigenvalue weighted by atomic mass is 10.2. The van der Waals surface area contributed by atoms with Gasteiger partial charge in [-0.05, 0) is 19.8 Å². The summed E-state index contributed by atoms with van der Waals surface area (Å²) in [6.07, 6.45) is 2.43. The minimum atomic E-state index is 0.542. The van der Waals surface area contributed by atoms with Crippen molar-refractivity contribution in [2.45, 2.75) is 31.8 Å². The van der Waals surface area contributed by atoms with Crippen LogP contribution in [-0.2, 0) is 9.47 Å². The van der Waals surface area contributed by atoms with Crippen molar-refractivity contribution in [1.29, 1.82) is 0 Å². The van der Waals surface area contributed by atoms with Crippen LogP contribution >= 0.6 is 0 Å². The Morgan fingerprint density at radius 2 is 1.92 bits per heavy atom. The summed E-state index contributed by atoms with van der Waals surface area (Å²) in [5.74, 6) is 0. The molecular formula is C9H19NO2. The van der Waals surface area contributed by atoms with Crippen LogP contribution in [0.15, 0.2) is 0 Å². The molecule has 1 aliphatic rings. The van der Waals surface area contributed by atoms with Crippen LogP contribution in [0.1, 0.15) is 19.8 Å². The van der Waals surface area contributed by atoms with Gasteiger partial charge in [0, 0.05) is 25.8 Å². The molecule has 1 heterocycles. The van der Waals surface area contributed by atoms with Crippen molar-refractivity contribution >= 4 is 0 Å². The second-order valence-corrected chi connectivity index (χ2v) is 3.25. The van der Waals surface area contributed by atoms with Crippen molar-refractivity contribution in [3.05, 3.63) is 0 Å². The minimum Gasteiger partial charge on any atom is -0.383 e. The third-order valence-electron chi connectivity index (χ3n) is 2.23. The van der Waals surface area contributed by atoms with Gasteiger partial charge >= 0.3 is 0 Å². The van der Waals surface area contributed by atoms with Crippen molar-refractivity contribution in [1.82, 2.24) is 5.32 Å². The maximum Gasteiger partial charge on any atom is 0.0619 e. The van der Waals surface area contributed by atoms with Crippen LogP contribution in [0.2, 0.25) is 0 Å². The topological polar surface area (TPSA) is 30.5 Å². The molecule has 0 saturated carbocycles. The van der Waals surface area contributed by atoms with Crippen molar-refractivity contribution in [3.8, 4) is 0 Å². The predicted octanol–water partition coefficient (Wildman–Crippen LogP) is 0.790. The quantitative estimate of drug-likeness (QED) is 0.666. The largest absolute Gasteiger partial charge is 0.383 e. The monoisotopic (exact) mass is 173 g/mol. The van der Waals surface area contributed by atoms with E-state index in [2.05, 4.69) is 5.32 Å². The molecule has 3 nitrogen and oxygen atoms in total. The van der Waals surface area contributed by atoms with Crippen LogP contribution in [-0.4, -0.2) is 39.0 Å². The molecule has 3 heteroatoms. The van der Waals surface area contributed by atoms with E-state index in [0.29, 0.717) is 12.1 Å². The Kier molecular flexibility index (Phi) is 4.58. The van der Waals surface area contributed by atoms with Gasteiger partial charge in [-0.2, -0.15) is 0 Å². The Bertz CT molecular complexity index is 119. The predicted molar refractivity (Wildman–Crippen MR) is 48.3 cm³/mol. The van der Waals surface area contributed by atoms with Crippen molar-refractivity contribution in [2.24, 2.45) is 0 Å². The molecule has 0 amide bonds. The van der Waals surface area contributed by atoms with Crippen LogP contribution in [0.3, 0.4) is 0 Å². The lowest BCUT2D eigenvalue weighted by Gasteiger charge is -2.13. The third kappa shape index (κ3) is 3.09. The molecule has 0 aromatic rings. The van der Waals surface area contributed by atoms with E-state index >= 15 is 0 Å². The van der Waals surface area contributed by atoms with E-state index in [1.807, 2.05) is 6.92 Å². The van der Waals surface area contributed by atoms with Gasteiger partial charge in [-0.1, -0.05) is 0 Å². The molecule has 0 aromatic carbocycles. The maximum atomic E-state index is 5.34. The standard InChI is InChI=1S/C9H19NO2/c1-3-12-7-9-5-4-8(10-9)6-11-2/h8-10H,3-7H2,1-2H3. The molecule has 12 heavy (non-hydrogen) atoms. The Morgan fingerprint density at radius 3 is 2.50 bits per heavy atom. The molecule has 1 rings (SSSR count). The Labute approximate surface area is 74.4 Å². The van der Waals surface area contributed by atoms with Gasteiger partial charge in [0.05, 0.1) is 13.2 Å². The van der Waals surface area contributed by atoms with E-state index in [1.54, 1.807) is 7.11 Å². The summed E-state index contributed by atoms with van der Waals surface area (Å²) in [6, 6.07) is 1.09. The summed E-state index contributed by atoms with van der Waals surface area (Å²) in [5.41, 5.74) is 0. The Balaban J connectivity index is 2.08. The van der Waals surface area contributed by atoms with E-state index in [-0.39, 0.29) is 0 Å². The molecule has 0 radical (unpaired) electrons. The van der Waals surface area contributed by atoms with Gasteiger partial charge in [-0.25, -0.2) is 0 Å². The van der Waals surface area contributed by atoms with E-state index < -0.39 is 0 Å². The van der Waals surface area contributed by atoms with Crippen LogP contribution < -0.4 is 5.32 Å². The van der Waals surface area contributed by atoms with Gasteiger partial charge in [-0.15, -0.1) is 0 Å². The first-order valence-electron chi connectivity index (χ1n) is 4.69.